The third-order valence-corrected chi connectivity index (χ3v) is 4.16. The van der Waals surface area contributed by atoms with E-state index in [1.54, 1.807) is 28.9 Å². The second-order valence-corrected chi connectivity index (χ2v) is 5.90. The third kappa shape index (κ3) is 4.01. The Morgan fingerprint density at radius 2 is 1.80 bits per heavy atom. The fraction of sp³-hybridized carbons (Fsp3) is 0.0625. The van der Waals surface area contributed by atoms with Crippen molar-refractivity contribution in [2.24, 2.45) is 5.73 Å². The van der Waals surface area contributed by atoms with Crippen molar-refractivity contribution in [1.82, 2.24) is 20.2 Å². The molecule has 0 saturated carbocycles. The summed E-state index contributed by atoms with van der Waals surface area (Å²) in [5, 5.41) is 14.7. The first-order chi connectivity index (χ1) is 12.1. The van der Waals surface area contributed by atoms with Crippen LogP contribution in [0, 0.1) is 0 Å². The molecule has 25 heavy (non-hydrogen) atoms. The highest BCUT2D eigenvalue weighted by Crippen LogP contribution is 2.19. The van der Waals surface area contributed by atoms with E-state index in [1.807, 2.05) is 30.3 Å². The van der Waals surface area contributed by atoms with Gasteiger partial charge in [-0.3, -0.25) is 9.59 Å². The number of benzene rings is 2. The summed E-state index contributed by atoms with van der Waals surface area (Å²) in [6.07, 6.45) is 0. The van der Waals surface area contributed by atoms with Gasteiger partial charge in [0.25, 0.3) is 5.91 Å². The first-order valence-electron chi connectivity index (χ1n) is 7.30. The summed E-state index contributed by atoms with van der Waals surface area (Å²) >= 11 is 1.19. The van der Waals surface area contributed by atoms with Crippen LogP contribution >= 0.6 is 11.8 Å². The quantitative estimate of drug-likeness (QED) is 0.648. The second-order valence-electron chi connectivity index (χ2n) is 4.96. The molecule has 0 radical (unpaired) electrons. The van der Waals surface area contributed by atoms with E-state index in [4.69, 9.17) is 5.73 Å². The Bertz CT molecular complexity index is 896. The maximum absolute atomic E-state index is 12.2. The van der Waals surface area contributed by atoms with E-state index in [0.717, 1.165) is 5.69 Å². The van der Waals surface area contributed by atoms with Crippen LogP contribution in [0.5, 0.6) is 0 Å². The van der Waals surface area contributed by atoms with Crippen LogP contribution in [0.1, 0.15) is 10.4 Å². The molecule has 3 rings (SSSR count). The lowest BCUT2D eigenvalue weighted by molar-refractivity contribution is -0.113. The Morgan fingerprint density at radius 1 is 1.08 bits per heavy atom. The molecule has 1 aromatic heterocycles. The number of nitrogens with two attached hydrogens (primary N) is 1. The molecular formula is C16H14N6O2S. The van der Waals surface area contributed by atoms with Gasteiger partial charge in [-0.05, 0) is 34.7 Å². The molecule has 0 fully saturated rings. The molecule has 0 saturated heterocycles. The summed E-state index contributed by atoms with van der Waals surface area (Å²) in [5.41, 5.74) is 6.74. The Morgan fingerprint density at radius 3 is 2.56 bits per heavy atom. The molecular weight excluding hydrogens is 340 g/mol. The number of para-hydroxylation sites is 2. The first-order valence-corrected chi connectivity index (χ1v) is 8.29. The molecule has 0 aliphatic rings. The van der Waals surface area contributed by atoms with E-state index in [9.17, 15) is 9.59 Å². The molecule has 126 valence electrons. The molecule has 2 amide bonds. The number of carbonyl (C=O) groups excluding carboxylic acids is 2. The lowest BCUT2D eigenvalue weighted by Crippen LogP contribution is -2.19. The standard InChI is InChI=1S/C16H14N6O2S/c17-15(24)12-8-4-5-9-13(12)18-14(23)10-25-16-19-20-21-22(16)11-6-2-1-3-7-11/h1-9H,10H2,(H2,17,24)(H,18,23). The van der Waals surface area contributed by atoms with Crippen molar-refractivity contribution in [2.45, 2.75) is 5.16 Å². The number of anilines is 1. The summed E-state index contributed by atoms with van der Waals surface area (Å²) in [6.45, 7) is 0. The maximum Gasteiger partial charge on any atom is 0.250 e. The summed E-state index contributed by atoms with van der Waals surface area (Å²) in [4.78, 5) is 23.6. The minimum atomic E-state index is -0.600. The molecule has 8 nitrogen and oxygen atoms in total. The summed E-state index contributed by atoms with van der Waals surface area (Å²) in [7, 11) is 0. The topological polar surface area (TPSA) is 116 Å². The smallest absolute Gasteiger partial charge is 0.250 e. The summed E-state index contributed by atoms with van der Waals surface area (Å²) in [6, 6.07) is 15.9. The Labute approximate surface area is 147 Å². The van der Waals surface area contributed by atoms with Gasteiger partial charge in [0.15, 0.2) is 0 Å². The number of thioether (sulfide) groups is 1. The molecule has 0 aliphatic heterocycles. The van der Waals surface area contributed by atoms with Gasteiger partial charge < -0.3 is 11.1 Å². The van der Waals surface area contributed by atoms with Crippen LogP contribution < -0.4 is 11.1 Å². The molecule has 0 unspecified atom stereocenters. The van der Waals surface area contributed by atoms with Crippen LogP contribution in [0.2, 0.25) is 0 Å². The molecule has 0 atom stereocenters. The van der Waals surface area contributed by atoms with Gasteiger partial charge in [0.1, 0.15) is 0 Å². The van der Waals surface area contributed by atoms with E-state index < -0.39 is 5.91 Å². The van der Waals surface area contributed by atoms with Gasteiger partial charge in [0.05, 0.1) is 22.7 Å². The number of carbonyl (C=O) groups is 2. The average Bonchev–Trinajstić information content (AvgIpc) is 3.09. The van der Waals surface area contributed by atoms with E-state index in [2.05, 4.69) is 20.8 Å². The van der Waals surface area contributed by atoms with Crippen molar-refractivity contribution in [3.05, 3.63) is 60.2 Å². The average molecular weight is 354 g/mol. The highest BCUT2D eigenvalue weighted by Gasteiger charge is 2.13. The van der Waals surface area contributed by atoms with Crippen molar-refractivity contribution < 1.29 is 9.59 Å². The zero-order chi connectivity index (χ0) is 17.6. The molecule has 3 N–H and O–H groups in total. The number of rotatable bonds is 6. The zero-order valence-electron chi connectivity index (χ0n) is 13.0. The zero-order valence-corrected chi connectivity index (χ0v) is 13.8. The monoisotopic (exact) mass is 354 g/mol. The van der Waals surface area contributed by atoms with Gasteiger partial charge >= 0.3 is 0 Å². The first kappa shape index (κ1) is 16.7. The van der Waals surface area contributed by atoms with E-state index in [1.165, 1.54) is 11.8 Å². The summed E-state index contributed by atoms with van der Waals surface area (Å²) < 4.78 is 1.55. The van der Waals surface area contributed by atoms with Crippen molar-refractivity contribution >= 4 is 29.3 Å². The van der Waals surface area contributed by atoms with Gasteiger partial charge in [-0.25, -0.2) is 0 Å². The van der Waals surface area contributed by atoms with Crippen LogP contribution in [0.4, 0.5) is 5.69 Å². The van der Waals surface area contributed by atoms with Crippen LogP contribution in [-0.2, 0) is 4.79 Å². The van der Waals surface area contributed by atoms with Gasteiger partial charge in [-0.2, -0.15) is 4.68 Å². The number of aromatic nitrogens is 4. The van der Waals surface area contributed by atoms with Crippen LogP contribution in [0.15, 0.2) is 59.8 Å². The fourth-order valence-electron chi connectivity index (χ4n) is 2.12. The molecule has 1 heterocycles. The summed E-state index contributed by atoms with van der Waals surface area (Å²) in [5.74, 6) is -0.807. The molecule has 0 spiro atoms. The Kier molecular flexibility index (Phi) is 5.05. The Hall–Kier alpha value is -3.20. The molecule has 3 aromatic rings. The van der Waals surface area contributed by atoms with Gasteiger partial charge in [-0.15, -0.1) is 5.10 Å². The molecule has 2 aromatic carbocycles. The van der Waals surface area contributed by atoms with E-state index in [0.29, 0.717) is 10.8 Å². The number of primary amides is 1. The molecule has 0 aliphatic carbocycles. The molecule has 9 heteroatoms. The van der Waals surface area contributed by atoms with Gasteiger partial charge in [0.2, 0.25) is 11.1 Å². The number of tetrazole rings is 1. The van der Waals surface area contributed by atoms with Gasteiger partial charge in [0, 0.05) is 0 Å². The predicted molar refractivity (Wildman–Crippen MR) is 93.5 cm³/mol. The largest absolute Gasteiger partial charge is 0.366 e. The van der Waals surface area contributed by atoms with Crippen molar-refractivity contribution in [1.29, 1.82) is 0 Å². The number of nitrogens with one attached hydrogen (secondary N) is 1. The number of hydrogen-bond donors (Lipinski definition) is 2. The van der Waals surface area contributed by atoms with Crippen molar-refractivity contribution in [3.63, 3.8) is 0 Å². The highest BCUT2D eigenvalue weighted by molar-refractivity contribution is 7.99. The van der Waals surface area contributed by atoms with Crippen molar-refractivity contribution in [3.8, 4) is 5.69 Å². The lowest BCUT2D eigenvalue weighted by Gasteiger charge is -2.08. The van der Waals surface area contributed by atoms with Crippen LogP contribution in [0.3, 0.4) is 0 Å². The highest BCUT2D eigenvalue weighted by atomic mass is 32.2. The SMILES string of the molecule is NC(=O)c1ccccc1NC(=O)CSc1nnnn1-c1ccccc1. The minimum Gasteiger partial charge on any atom is -0.366 e. The van der Waals surface area contributed by atoms with Crippen LogP contribution in [0.25, 0.3) is 5.69 Å². The Balaban J connectivity index is 1.67. The molecule has 0 bridgehead atoms. The fourth-order valence-corrected chi connectivity index (χ4v) is 2.81. The normalized spacial score (nSPS) is 10.4. The number of hydrogen-bond acceptors (Lipinski definition) is 6. The number of amides is 2. The van der Waals surface area contributed by atoms with E-state index >= 15 is 0 Å². The predicted octanol–water partition coefficient (Wildman–Crippen LogP) is 1.49. The van der Waals surface area contributed by atoms with Crippen LogP contribution in [-0.4, -0.2) is 37.8 Å². The second kappa shape index (κ2) is 7.58. The minimum absolute atomic E-state index is 0.0836. The maximum atomic E-state index is 12.2. The van der Waals surface area contributed by atoms with Crippen molar-refractivity contribution in [2.75, 3.05) is 11.1 Å². The van der Waals surface area contributed by atoms with Gasteiger partial charge in [-0.1, -0.05) is 42.1 Å². The van der Waals surface area contributed by atoms with E-state index in [-0.39, 0.29) is 17.2 Å². The lowest BCUT2D eigenvalue weighted by atomic mass is 10.1. The number of nitrogens with zero attached hydrogens (tertiary/aromatic N) is 4. The third-order valence-electron chi connectivity index (χ3n) is 3.24.